The lowest BCUT2D eigenvalue weighted by molar-refractivity contribution is 0.0674. The van der Waals surface area contributed by atoms with Crippen LogP contribution in [0.5, 0.6) is 0 Å². The van der Waals surface area contributed by atoms with Crippen molar-refractivity contribution in [2.24, 2.45) is 0 Å². The Hall–Kier alpha value is -0.120. The van der Waals surface area contributed by atoms with Crippen molar-refractivity contribution in [2.75, 3.05) is 19.6 Å². The van der Waals surface area contributed by atoms with Gasteiger partial charge in [-0.2, -0.15) is 0 Å². The Kier molecular flexibility index (Phi) is 4.56. The largest absolute Gasteiger partial charge is 0.389 e. The van der Waals surface area contributed by atoms with Crippen molar-refractivity contribution in [3.8, 4) is 0 Å². The van der Waals surface area contributed by atoms with Crippen LogP contribution in [0.2, 0.25) is 0 Å². The Bertz CT molecular complexity index is 189. The predicted molar refractivity (Wildman–Crippen MR) is 64.0 cm³/mol. The lowest BCUT2D eigenvalue weighted by Gasteiger charge is -2.38. The third kappa shape index (κ3) is 4.49. The van der Waals surface area contributed by atoms with Gasteiger partial charge >= 0.3 is 0 Å². The van der Waals surface area contributed by atoms with Crippen LogP contribution in [-0.2, 0) is 0 Å². The summed E-state index contributed by atoms with van der Waals surface area (Å²) in [7, 11) is 0. The molecule has 0 aliphatic carbocycles. The Morgan fingerprint density at radius 2 is 2.13 bits per heavy atom. The molecule has 0 aromatic rings. The van der Waals surface area contributed by atoms with Gasteiger partial charge in [0.05, 0.1) is 5.60 Å². The monoisotopic (exact) mass is 214 g/mol. The molecule has 1 rings (SSSR count). The van der Waals surface area contributed by atoms with Gasteiger partial charge < -0.3 is 15.3 Å². The first kappa shape index (κ1) is 12.9. The molecule has 3 heteroatoms. The van der Waals surface area contributed by atoms with Crippen molar-refractivity contribution < 1.29 is 5.11 Å². The van der Waals surface area contributed by atoms with Crippen LogP contribution in [-0.4, -0.2) is 47.3 Å². The molecule has 15 heavy (non-hydrogen) atoms. The molecule has 1 saturated heterocycles. The minimum Gasteiger partial charge on any atom is -0.389 e. The summed E-state index contributed by atoms with van der Waals surface area (Å²) in [5.41, 5.74) is -0.592. The SMILES string of the molecule is CCN1CCC(NCC(C)(C)O)CC1C. The first-order chi connectivity index (χ1) is 6.92. The van der Waals surface area contributed by atoms with Gasteiger partial charge in [0.15, 0.2) is 0 Å². The fourth-order valence-electron chi connectivity index (χ4n) is 2.27. The number of nitrogens with zero attached hydrogens (tertiary/aromatic N) is 1. The number of rotatable bonds is 4. The summed E-state index contributed by atoms with van der Waals surface area (Å²) in [6.45, 7) is 11.2. The number of aliphatic hydroxyl groups is 1. The molecule has 1 heterocycles. The van der Waals surface area contributed by atoms with E-state index in [2.05, 4.69) is 24.1 Å². The molecule has 2 N–H and O–H groups in total. The molecule has 1 fully saturated rings. The van der Waals surface area contributed by atoms with Gasteiger partial charge in [-0.3, -0.25) is 0 Å². The number of likely N-dealkylation sites (tertiary alicyclic amines) is 1. The zero-order valence-corrected chi connectivity index (χ0v) is 10.6. The van der Waals surface area contributed by atoms with Crippen molar-refractivity contribution >= 4 is 0 Å². The predicted octanol–water partition coefficient (Wildman–Crippen LogP) is 1.22. The van der Waals surface area contributed by atoms with E-state index in [0.717, 1.165) is 6.54 Å². The highest BCUT2D eigenvalue weighted by atomic mass is 16.3. The lowest BCUT2D eigenvalue weighted by atomic mass is 9.97. The van der Waals surface area contributed by atoms with Crippen molar-refractivity contribution in [2.45, 2.75) is 58.2 Å². The van der Waals surface area contributed by atoms with E-state index in [1.807, 2.05) is 13.8 Å². The first-order valence-corrected chi connectivity index (χ1v) is 6.12. The van der Waals surface area contributed by atoms with E-state index in [1.165, 1.54) is 19.4 Å². The van der Waals surface area contributed by atoms with E-state index < -0.39 is 5.60 Å². The zero-order chi connectivity index (χ0) is 11.5. The highest BCUT2D eigenvalue weighted by Gasteiger charge is 2.25. The Morgan fingerprint density at radius 1 is 1.47 bits per heavy atom. The molecule has 0 spiro atoms. The van der Waals surface area contributed by atoms with Gasteiger partial charge in [-0.05, 0) is 46.7 Å². The molecule has 0 amide bonds. The standard InChI is InChI=1S/C12H26N2O/c1-5-14-7-6-11(8-10(14)2)13-9-12(3,4)15/h10-11,13,15H,5-9H2,1-4H3. The number of hydrogen-bond acceptors (Lipinski definition) is 3. The summed E-state index contributed by atoms with van der Waals surface area (Å²) < 4.78 is 0. The molecule has 1 aliphatic heterocycles. The molecule has 0 radical (unpaired) electrons. The summed E-state index contributed by atoms with van der Waals surface area (Å²) in [6, 6.07) is 1.25. The second-order valence-electron chi connectivity index (χ2n) is 5.39. The molecular weight excluding hydrogens is 188 g/mol. The van der Waals surface area contributed by atoms with E-state index >= 15 is 0 Å². The van der Waals surface area contributed by atoms with Crippen LogP contribution in [0.15, 0.2) is 0 Å². The van der Waals surface area contributed by atoms with E-state index in [1.54, 1.807) is 0 Å². The van der Waals surface area contributed by atoms with Gasteiger partial charge in [0.1, 0.15) is 0 Å². The topological polar surface area (TPSA) is 35.5 Å². The fraction of sp³-hybridized carbons (Fsp3) is 1.00. The number of nitrogens with one attached hydrogen (secondary N) is 1. The van der Waals surface area contributed by atoms with Crippen LogP contribution in [0.25, 0.3) is 0 Å². The van der Waals surface area contributed by atoms with E-state index in [9.17, 15) is 5.11 Å². The molecule has 0 aromatic heterocycles. The molecule has 0 aromatic carbocycles. The summed E-state index contributed by atoms with van der Waals surface area (Å²) in [4.78, 5) is 2.52. The van der Waals surface area contributed by atoms with Crippen LogP contribution in [0.1, 0.15) is 40.5 Å². The maximum absolute atomic E-state index is 9.64. The third-order valence-corrected chi connectivity index (χ3v) is 3.24. The fourth-order valence-corrected chi connectivity index (χ4v) is 2.27. The third-order valence-electron chi connectivity index (χ3n) is 3.24. The molecule has 90 valence electrons. The van der Waals surface area contributed by atoms with Gasteiger partial charge in [-0.25, -0.2) is 0 Å². The van der Waals surface area contributed by atoms with Crippen molar-refractivity contribution in [3.05, 3.63) is 0 Å². The van der Waals surface area contributed by atoms with Gasteiger partial charge in [-0.15, -0.1) is 0 Å². The smallest absolute Gasteiger partial charge is 0.0715 e. The summed E-state index contributed by atoms with van der Waals surface area (Å²) >= 11 is 0. The first-order valence-electron chi connectivity index (χ1n) is 6.12. The minimum absolute atomic E-state index is 0.578. The van der Waals surface area contributed by atoms with E-state index in [4.69, 9.17) is 0 Å². The molecule has 0 bridgehead atoms. The maximum atomic E-state index is 9.64. The van der Waals surface area contributed by atoms with Crippen LogP contribution >= 0.6 is 0 Å². The van der Waals surface area contributed by atoms with Gasteiger partial charge in [-0.1, -0.05) is 6.92 Å². The maximum Gasteiger partial charge on any atom is 0.0715 e. The van der Waals surface area contributed by atoms with Gasteiger partial charge in [0.25, 0.3) is 0 Å². The van der Waals surface area contributed by atoms with Crippen molar-refractivity contribution in [1.82, 2.24) is 10.2 Å². The van der Waals surface area contributed by atoms with Crippen LogP contribution in [0.4, 0.5) is 0 Å². The second kappa shape index (κ2) is 5.28. The van der Waals surface area contributed by atoms with Crippen LogP contribution in [0, 0.1) is 0 Å². The normalized spacial score (nSPS) is 29.4. The Labute approximate surface area is 93.9 Å². The van der Waals surface area contributed by atoms with Crippen molar-refractivity contribution in [3.63, 3.8) is 0 Å². The Morgan fingerprint density at radius 3 is 2.60 bits per heavy atom. The number of hydrogen-bond donors (Lipinski definition) is 2. The zero-order valence-electron chi connectivity index (χ0n) is 10.6. The van der Waals surface area contributed by atoms with E-state index in [0.29, 0.717) is 18.6 Å². The average Bonchev–Trinajstić information content (AvgIpc) is 2.14. The highest BCUT2D eigenvalue weighted by Crippen LogP contribution is 2.17. The molecule has 2 unspecified atom stereocenters. The summed E-state index contributed by atoms with van der Waals surface area (Å²) in [5, 5.41) is 13.1. The van der Waals surface area contributed by atoms with Gasteiger partial charge in [0.2, 0.25) is 0 Å². The highest BCUT2D eigenvalue weighted by molar-refractivity contribution is 4.84. The second-order valence-corrected chi connectivity index (χ2v) is 5.39. The molecular formula is C12H26N2O. The number of piperidine rings is 1. The van der Waals surface area contributed by atoms with Crippen molar-refractivity contribution in [1.29, 1.82) is 0 Å². The molecule has 2 atom stereocenters. The summed E-state index contributed by atoms with van der Waals surface area (Å²) in [6.07, 6.45) is 2.40. The van der Waals surface area contributed by atoms with E-state index in [-0.39, 0.29) is 0 Å². The molecule has 1 aliphatic rings. The van der Waals surface area contributed by atoms with Crippen LogP contribution in [0.3, 0.4) is 0 Å². The van der Waals surface area contributed by atoms with Crippen LogP contribution < -0.4 is 5.32 Å². The molecule has 3 nitrogen and oxygen atoms in total. The van der Waals surface area contributed by atoms with Gasteiger partial charge in [0, 0.05) is 18.6 Å². The summed E-state index contributed by atoms with van der Waals surface area (Å²) in [5.74, 6) is 0. The molecule has 0 saturated carbocycles. The lowest BCUT2D eigenvalue weighted by Crippen LogP contribution is -2.49. The quantitative estimate of drug-likeness (QED) is 0.738. The Balaban J connectivity index is 2.29. The average molecular weight is 214 g/mol. The minimum atomic E-state index is -0.592.